The minimum atomic E-state index is -0.883. The van der Waals surface area contributed by atoms with Gasteiger partial charge in [0.1, 0.15) is 17.3 Å². The molecule has 0 heterocycles. The molecule has 5 heteroatoms. The van der Waals surface area contributed by atoms with Gasteiger partial charge in [-0.2, -0.15) is 0 Å². The van der Waals surface area contributed by atoms with Gasteiger partial charge in [0.05, 0.1) is 13.2 Å². The molecular weight excluding hydrogens is 497 g/mol. The second-order valence-electron chi connectivity index (χ2n) is 9.67. The standard InChI is InChI=1S/C34H35F3O2/c1-3-5-21-38-28-16-13-26(14-17-28)31-20-19-30(33(36)34(31)37)25-10-7-24(8-11-25)9-12-27-15-18-29(23-32(27)35)39-22-6-4-2/h7-8,10-11,13-20,23H,3-6,9,12,21-22H2,1-2H3. The van der Waals surface area contributed by atoms with E-state index in [1.165, 1.54) is 6.07 Å². The van der Waals surface area contributed by atoms with Crippen LogP contribution in [0.5, 0.6) is 11.5 Å². The van der Waals surface area contributed by atoms with Crippen molar-refractivity contribution in [2.24, 2.45) is 0 Å². The molecule has 0 spiro atoms. The minimum Gasteiger partial charge on any atom is -0.494 e. The highest BCUT2D eigenvalue weighted by atomic mass is 19.2. The van der Waals surface area contributed by atoms with Crippen LogP contribution in [0.15, 0.2) is 78.9 Å². The van der Waals surface area contributed by atoms with Crippen molar-refractivity contribution in [2.45, 2.75) is 52.4 Å². The van der Waals surface area contributed by atoms with E-state index < -0.39 is 11.6 Å². The summed E-state index contributed by atoms with van der Waals surface area (Å²) in [5.74, 6) is -0.790. The third-order valence-corrected chi connectivity index (χ3v) is 6.75. The molecular formula is C34H35F3O2. The lowest BCUT2D eigenvalue weighted by Crippen LogP contribution is -1.99. The van der Waals surface area contributed by atoms with Crippen LogP contribution in [0.1, 0.15) is 50.7 Å². The van der Waals surface area contributed by atoms with E-state index in [0.29, 0.717) is 54.2 Å². The van der Waals surface area contributed by atoms with E-state index >= 15 is 8.78 Å². The van der Waals surface area contributed by atoms with Crippen LogP contribution < -0.4 is 9.47 Å². The maximum atomic E-state index is 15.1. The Bertz CT molecular complexity index is 1350. The van der Waals surface area contributed by atoms with E-state index in [1.54, 1.807) is 60.7 Å². The van der Waals surface area contributed by atoms with Crippen molar-refractivity contribution in [2.75, 3.05) is 13.2 Å². The van der Waals surface area contributed by atoms with Crippen LogP contribution >= 0.6 is 0 Å². The number of ether oxygens (including phenoxy) is 2. The number of hydrogen-bond donors (Lipinski definition) is 0. The van der Waals surface area contributed by atoms with Gasteiger partial charge in [-0.1, -0.05) is 81.3 Å². The smallest absolute Gasteiger partial charge is 0.167 e. The number of aryl methyl sites for hydroxylation is 2. The van der Waals surface area contributed by atoms with Crippen LogP contribution in [-0.2, 0) is 12.8 Å². The van der Waals surface area contributed by atoms with Gasteiger partial charge in [-0.15, -0.1) is 0 Å². The summed E-state index contributed by atoms with van der Waals surface area (Å²) in [5, 5.41) is 0. The minimum absolute atomic E-state index is 0.201. The van der Waals surface area contributed by atoms with Crippen LogP contribution in [0, 0.1) is 17.5 Å². The van der Waals surface area contributed by atoms with Crippen molar-refractivity contribution < 1.29 is 22.6 Å². The predicted molar refractivity (Wildman–Crippen MR) is 152 cm³/mol. The fraction of sp³-hybridized carbons (Fsp3) is 0.294. The molecule has 204 valence electrons. The van der Waals surface area contributed by atoms with Crippen molar-refractivity contribution in [1.82, 2.24) is 0 Å². The molecule has 0 aliphatic rings. The highest BCUT2D eigenvalue weighted by Gasteiger charge is 2.16. The third-order valence-electron chi connectivity index (χ3n) is 6.75. The SMILES string of the molecule is CCCCOc1ccc(-c2ccc(-c3ccc(CCc4ccc(OCCCC)cc4F)cc3)c(F)c2F)cc1. The summed E-state index contributed by atoms with van der Waals surface area (Å²) in [6, 6.07) is 22.5. The monoisotopic (exact) mass is 532 g/mol. The average Bonchev–Trinajstić information content (AvgIpc) is 2.95. The fourth-order valence-electron chi connectivity index (χ4n) is 4.35. The summed E-state index contributed by atoms with van der Waals surface area (Å²) in [5.41, 5.74) is 3.18. The van der Waals surface area contributed by atoms with Crippen LogP contribution in [0.2, 0.25) is 0 Å². The Kier molecular flexibility index (Phi) is 10.1. The number of rotatable bonds is 13. The molecule has 4 rings (SSSR count). The van der Waals surface area contributed by atoms with E-state index in [2.05, 4.69) is 13.8 Å². The van der Waals surface area contributed by atoms with Gasteiger partial charge in [0.15, 0.2) is 11.6 Å². The number of hydrogen-bond acceptors (Lipinski definition) is 2. The first-order valence-electron chi connectivity index (χ1n) is 13.7. The first-order valence-corrected chi connectivity index (χ1v) is 13.7. The molecule has 0 fully saturated rings. The number of unbranched alkanes of at least 4 members (excludes halogenated alkanes) is 2. The van der Waals surface area contributed by atoms with Gasteiger partial charge in [-0.3, -0.25) is 0 Å². The molecule has 2 nitrogen and oxygen atoms in total. The first-order chi connectivity index (χ1) is 19.0. The van der Waals surface area contributed by atoms with Crippen LogP contribution in [0.4, 0.5) is 13.2 Å². The zero-order valence-electron chi connectivity index (χ0n) is 22.6. The molecule has 4 aromatic rings. The largest absolute Gasteiger partial charge is 0.494 e. The maximum absolute atomic E-state index is 15.1. The lowest BCUT2D eigenvalue weighted by atomic mass is 9.97. The molecule has 39 heavy (non-hydrogen) atoms. The Hall–Kier alpha value is -3.73. The molecule has 0 aliphatic heterocycles. The Morgan fingerprint density at radius 1 is 0.564 bits per heavy atom. The Balaban J connectivity index is 1.40. The van der Waals surface area contributed by atoms with Gasteiger partial charge in [-0.25, -0.2) is 13.2 Å². The summed E-state index contributed by atoms with van der Waals surface area (Å²) in [6.45, 7) is 5.38. The normalized spacial score (nSPS) is 11.0. The van der Waals surface area contributed by atoms with Crippen molar-refractivity contribution in [3.63, 3.8) is 0 Å². The Morgan fingerprint density at radius 3 is 1.62 bits per heavy atom. The van der Waals surface area contributed by atoms with E-state index in [9.17, 15) is 4.39 Å². The summed E-state index contributed by atoms with van der Waals surface area (Å²) in [6.07, 6.45) is 5.12. The van der Waals surface area contributed by atoms with Gasteiger partial charge < -0.3 is 9.47 Å². The van der Waals surface area contributed by atoms with E-state index in [1.807, 2.05) is 12.1 Å². The van der Waals surface area contributed by atoms with Crippen LogP contribution in [0.25, 0.3) is 22.3 Å². The van der Waals surface area contributed by atoms with Gasteiger partial charge in [0.2, 0.25) is 0 Å². The fourth-order valence-corrected chi connectivity index (χ4v) is 4.35. The number of benzene rings is 4. The summed E-state index contributed by atoms with van der Waals surface area (Å²) in [4.78, 5) is 0. The Labute approximate surface area is 229 Å². The molecule has 0 atom stereocenters. The van der Waals surface area contributed by atoms with Gasteiger partial charge in [0, 0.05) is 17.2 Å². The van der Waals surface area contributed by atoms with E-state index in [-0.39, 0.29) is 16.9 Å². The van der Waals surface area contributed by atoms with Crippen molar-refractivity contribution in [3.8, 4) is 33.8 Å². The van der Waals surface area contributed by atoms with E-state index in [4.69, 9.17) is 9.47 Å². The quantitative estimate of drug-likeness (QED) is 0.160. The number of halogens is 3. The zero-order chi connectivity index (χ0) is 27.6. The summed E-state index contributed by atoms with van der Waals surface area (Å²) in [7, 11) is 0. The topological polar surface area (TPSA) is 18.5 Å². The molecule has 0 radical (unpaired) electrons. The lowest BCUT2D eigenvalue weighted by molar-refractivity contribution is 0.307. The molecule has 0 unspecified atom stereocenters. The molecule has 4 aromatic carbocycles. The second-order valence-corrected chi connectivity index (χ2v) is 9.67. The molecule has 0 aromatic heterocycles. The molecule has 0 saturated carbocycles. The van der Waals surface area contributed by atoms with Gasteiger partial charge in [0.25, 0.3) is 0 Å². The lowest BCUT2D eigenvalue weighted by Gasteiger charge is -2.11. The van der Waals surface area contributed by atoms with Crippen molar-refractivity contribution in [3.05, 3.63) is 107 Å². The van der Waals surface area contributed by atoms with Gasteiger partial charge >= 0.3 is 0 Å². The molecule has 0 N–H and O–H groups in total. The molecule has 0 bridgehead atoms. The zero-order valence-corrected chi connectivity index (χ0v) is 22.6. The second kappa shape index (κ2) is 13.9. The predicted octanol–water partition coefficient (Wildman–Crippen LogP) is 9.58. The van der Waals surface area contributed by atoms with Crippen molar-refractivity contribution in [1.29, 1.82) is 0 Å². The summed E-state index contributed by atoms with van der Waals surface area (Å²) >= 11 is 0. The van der Waals surface area contributed by atoms with Crippen LogP contribution in [0.3, 0.4) is 0 Å². The van der Waals surface area contributed by atoms with Gasteiger partial charge in [-0.05, 0) is 66.1 Å². The molecule has 0 aliphatic carbocycles. The highest BCUT2D eigenvalue weighted by molar-refractivity contribution is 5.72. The van der Waals surface area contributed by atoms with Crippen molar-refractivity contribution >= 4 is 0 Å². The average molecular weight is 533 g/mol. The molecule has 0 amide bonds. The highest BCUT2D eigenvalue weighted by Crippen LogP contribution is 2.32. The van der Waals surface area contributed by atoms with Crippen LogP contribution in [-0.4, -0.2) is 13.2 Å². The molecule has 0 saturated heterocycles. The maximum Gasteiger partial charge on any atom is 0.167 e. The van der Waals surface area contributed by atoms with E-state index in [0.717, 1.165) is 31.2 Å². The Morgan fingerprint density at radius 2 is 1.08 bits per heavy atom. The third kappa shape index (κ3) is 7.44. The summed E-state index contributed by atoms with van der Waals surface area (Å²) < 4.78 is 55.9. The first kappa shape index (κ1) is 28.3.